The van der Waals surface area contributed by atoms with Crippen LogP contribution in [0.5, 0.6) is 5.75 Å². The number of halogens is 1. The zero-order valence-corrected chi connectivity index (χ0v) is 9.19. The average Bonchev–Trinajstić information content (AvgIpc) is 2.31. The molecule has 88 valence electrons. The Hall–Kier alpha value is -1.13. The second kappa shape index (κ2) is 5.27. The first-order valence-electron chi connectivity index (χ1n) is 5.61. The zero-order valence-electron chi connectivity index (χ0n) is 9.19. The van der Waals surface area contributed by atoms with Crippen molar-refractivity contribution in [2.75, 3.05) is 32.9 Å². The lowest BCUT2D eigenvalue weighted by molar-refractivity contribution is 0.147. The van der Waals surface area contributed by atoms with E-state index in [0.29, 0.717) is 0 Å². The summed E-state index contributed by atoms with van der Waals surface area (Å²) in [4.78, 5) is 2.12. The molecule has 0 bridgehead atoms. The van der Waals surface area contributed by atoms with Crippen LogP contribution in [-0.2, 0) is 0 Å². The third-order valence-electron chi connectivity index (χ3n) is 2.99. The highest BCUT2D eigenvalue weighted by Crippen LogP contribution is 2.24. The van der Waals surface area contributed by atoms with Gasteiger partial charge >= 0.3 is 0 Å². The number of hydrogen-bond acceptors (Lipinski definition) is 3. The number of nitrogens with one attached hydrogen (secondary N) is 1. The van der Waals surface area contributed by atoms with E-state index in [1.54, 1.807) is 18.2 Å². The minimum Gasteiger partial charge on any atom is -0.508 e. The first-order valence-corrected chi connectivity index (χ1v) is 5.61. The molecule has 4 heteroatoms. The molecule has 16 heavy (non-hydrogen) atoms. The van der Waals surface area contributed by atoms with E-state index in [0.717, 1.165) is 31.7 Å². The highest BCUT2D eigenvalue weighted by molar-refractivity contribution is 5.29. The van der Waals surface area contributed by atoms with Crippen LogP contribution in [0, 0.1) is 0 Å². The first kappa shape index (κ1) is 11.4. The summed E-state index contributed by atoms with van der Waals surface area (Å²) in [5.74, 6) is 0.200. The summed E-state index contributed by atoms with van der Waals surface area (Å²) in [7, 11) is 0. The molecule has 0 radical (unpaired) electrons. The summed E-state index contributed by atoms with van der Waals surface area (Å²) in [6, 6.07) is 6.65. The first-order chi connectivity index (χ1) is 7.81. The van der Waals surface area contributed by atoms with Crippen molar-refractivity contribution in [3.63, 3.8) is 0 Å². The number of alkyl halides is 1. The molecule has 3 nitrogen and oxygen atoms in total. The topological polar surface area (TPSA) is 35.5 Å². The van der Waals surface area contributed by atoms with E-state index in [4.69, 9.17) is 0 Å². The molecule has 2 rings (SSSR count). The largest absolute Gasteiger partial charge is 0.508 e. The van der Waals surface area contributed by atoms with E-state index in [2.05, 4.69) is 10.2 Å². The summed E-state index contributed by atoms with van der Waals surface area (Å²) >= 11 is 0. The number of piperazine rings is 1. The van der Waals surface area contributed by atoms with Gasteiger partial charge in [0.15, 0.2) is 0 Å². The van der Waals surface area contributed by atoms with Crippen LogP contribution in [0.15, 0.2) is 24.3 Å². The van der Waals surface area contributed by atoms with Gasteiger partial charge < -0.3 is 10.4 Å². The van der Waals surface area contributed by atoms with Crippen molar-refractivity contribution in [2.45, 2.75) is 6.04 Å². The number of phenols is 1. The van der Waals surface area contributed by atoms with Gasteiger partial charge in [-0.25, -0.2) is 4.39 Å². The van der Waals surface area contributed by atoms with Gasteiger partial charge in [-0.05, 0) is 17.7 Å². The maximum absolute atomic E-state index is 13.1. The smallest absolute Gasteiger partial charge is 0.115 e. The van der Waals surface area contributed by atoms with Gasteiger partial charge in [-0.3, -0.25) is 4.90 Å². The van der Waals surface area contributed by atoms with Crippen LogP contribution in [0.25, 0.3) is 0 Å². The van der Waals surface area contributed by atoms with Crippen LogP contribution in [0.4, 0.5) is 4.39 Å². The molecule has 1 saturated heterocycles. The van der Waals surface area contributed by atoms with Gasteiger partial charge in [0.05, 0.1) is 6.04 Å². The van der Waals surface area contributed by atoms with E-state index in [9.17, 15) is 9.50 Å². The Kier molecular flexibility index (Phi) is 3.74. The van der Waals surface area contributed by atoms with Crippen molar-refractivity contribution in [2.24, 2.45) is 0 Å². The molecule has 0 unspecified atom stereocenters. The summed E-state index contributed by atoms with van der Waals surface area (Å²) < 4.78 is 13.1. The second-order valence-corrected chi connectivity index (χ2v) is 4.05. The molecule has 2 N–H and O–H groups in total. The number of benzene rings is 1. The van der Waals surface area contributed by atoms with E-state index in [1.807, 2.05) is 6.07 Å². The Balaban J connectivity index is 2.14. The Labute approximate surface area is 94.9 Å². The van der Waals surface area contributed by atoms with E-state index in [-0.39, 0.29) is 11.8 Å². The molecule has 1 aromatic carbocycles. The summed E-state index contributed by atoms with van der Waals surface area (Å²) in [5.41, 5.74) is 0.851. The van der Waals surface area contributed by atoms with E-state index in [1.165, 1.54) is 0 Å². The van der Waals surface area contributed by atoms with Crippen LogP contribution in [0.2, 0.25) is 0 Å². The highest BCUT2D eigenvalue weighted by atomic mass is 19.1. The van der Waals surface area contributed by atoms with E-state index >= 15 is 0 Å². The normalized spacial score (nSPS) is 19.6. The number of phenolic OH excluding ortho intramolecular Hbond substituents is 1. The molecule has 0 aromatic heterocycles. The number of rotatable bonds is 3. The molecule has 0 spiro atoms. The van der Waals surface area contributed by atoms with E-state index < -0.39 is 6.67 Å². The minimum atomic E-state index is -0.413. The second-order valence-electron chi connectivity index (χ2n) is 4.05. The summed E-state index contributed by atoms with van der Waals surface area (Å²) in [6.45, 7) is 3.09. The predicted octanol–water partition coefficient (Wildman–Crippen LogP) is 1.31. The van der Waals surface area contributed by atoms with Crippen LogP contribution >= 0.6 is 0 Å². The maximum atomic E-state index is 13.1. The van der Waals surface area contributed by atoms with Crippen molar-refractivity contribution in [1.82, 2.24) is 10.2 Å². The van der Waals surface area contributed by atoms with Gasteiger partial charge in [0.2, 0.25) is 0 Å². The average molecular weight is 224 g/mol. The third kappa shape index (κ3) is 2.51. The molecule has 0 saturated carbocycles. The number of hydrogen-bond donors (Lipinski definition) is 2. The fraction of sp³-hybridized carbons (Fsp3) is 0.500. The molecule has 1 atom stereocenters. The summed E-state index contributed by atoms with van der Waals surface area (Å²) in [5, 5.41) is 12.6. The lowest BCUT2D eigenvalue weighted by atomic mass is 10.1. The third-order valence-corrected chi connectivity index (χ3v) is 2.99. The van der Waals surface area contributed by atoms with Crippen molar-refractivity contribution in [3.05, 3.63) is 29.8 Å². The standard InChI is InChI=1S/C12H17FN2O/c13-9-12(15-6-4-14-5-7-15)10-2-1-3-11(16)8-10/h1-3,8,12,14,16H,4-7,9H2/t12-/m0/s1. The molecular weight excluding hydrogens is 207 g/mol. The number of nitrogens with zero attached hydrogens (tertiary/aromatic N) is 1. The quantitative estimate of drug-likeness (QED) is 0.812. The van der Waals surface area contributed by atoms with Crippen molar-refractivity contribution in [1.29, 1.82) is 0 Å². The Bertz CT molecular complexity index is 340. The molecule has 0 aliphatic carbocycles. The van der Waals surface area contributed by atoms with Crippen molar-refractivity contribution >= 4 is 0 Å². The molecule has 1 aliphatic heterocycles. The predicted molar refractivity (Wildman–Crippen MR) is 61.3 cm³/mol. The Morgan fingerprint density at radius 1 is 1.38 bits per heavy atom. The van der Waals surface area contributed by atoms with Gasteiger partial charge in [-0.2, -0.15) is 0 Å². The van der Waals surface area contributed by atoms with Crippen LogP contribution in [0.1, 0.15) is 11.6 Å². The van der Waals surface area contributed by atoms with Crippen LogP contribution < -0.4 is 5.32 Å². The lowest BCUT2D eigenvalue weighted by Crippen LogP contribution is -2.45. The summed E-state index contributed by atoms with van der Waals surface area (Å²) in [6.07, 6.45) is 0. The minimum absolute atomic E-state index is 0.200. The van der Waals surface area contributed by atoms with Gasteiger partial charge in [0.25, 0.3) is 0 Å². The van der Waals surface area contributed by atoms with Gasteiger partial charge in [0.1, 0.15) is 12.4 Å². The van der Waals surface area contributed by atoms with Crippen LogP contribution in [-0.4, -0.2) is 42.9 Å². The zero-order chi connectivity index (χ0) is 11.4. The molecular formula is C12H17FN2O. The highest BCUT2D eigenvalue weighted by Gasteiger charge is 2.22. The van der Waals surface area contributed by atoms with Crippen molar-refractivity contribution < 1.29 is 9.50 Å². The SMILES string of the molecule is Oc1cccc([C@H](CF)N2CCNCC2)c1. The fourth-order valence-corrected chi connectivity index (χ4v) is 2.12. The van der Waals surface area contributed by atoms with Crippen molar-refractivity contribution in [3.8, 4) is 5.75 Å². The molecule has 1 aliphatic rings. The maximum Gasteiger partial charge on any atom is 0.115 e. The molecule has 1 heterocycles. The Morgan fingerprint density at radius 2 is 2.12 bits per heavy atom. The van der Waals surface area contributed by atoms with Gasteiger partial charge in [0, 0.05) is 26.2 Å². The fourth-order valence-electron chi connectivity index (χ4n) is 2.12. The monoisotopic (exact) mass is 224 g/mol. The van der Waals surface area contributed by atoms with Gasteiger partial charge in [-0.1, -0.05) is 12.1 Å². The van der Waals surface area contributed by atoms with Crippen LogP contribution in [0.3, 0.4) is 0 Å². The molecule has 0 amide bonds. The van der Waals surface area contributed by atoms with Gasteiger partial charge in [-0.15, -0.1) is 0 Å². The molecule has 1 fully saturated rings. The lowest BCUT2D eigenvalue weighted by Gasteiger charge is -2.33. The molecule has 1 aromatic rings. The number of aromatic hydroxyl groups is 1. The Morgan fingerprint density at radius 3 is 2.75 bits per heavy atom.